The molecule has 0 atom stereocenters. The second-order valence-corrected chi connectivity index (χ2v) is 2.78. The first kappa shape index (κ1) is 9.56. The summed E-state index contributed by atoms with van der Waals surface area (Å²) in [6.07, 6.45) is 0.310. The number of alkyl halides is 1. The monoisotopic (exact) mass is 147 g/mol. The van der Waals surface area contributed by atoms with E-state index in [2.05, 4.69) is 4.99 Å². The molecule has 0 aromatic heterocycles. The first-order chi connectivity index (χ1) is 4.45. The molecule has 0 aromatic rings. The molecule has 0 unspecified atom stereocenters. The molecule has 0 heterocycles. The molecule has 0 aliphatic rings. The van der Waals surface area contributed by atoms with Gasteiger partial charge in [-0.2, -0.15) is 0 Å². The third-order valence-corrected chi connectivity index (χ3v) is 0.921. The van der Waals surface area contributed by atoms with Crippen LogP contribution in [-0.4, -0.2) is 23.2 Å². The molecule has 0 bridgehead atoms. The Labute approximate surface area is 60.8 Å². The maximum Gasteiger partial charge on any atom is 0.150 e. The molecule has 0 amide bonds. The second kappa shape index (κ2) is 3.66. The Morgan fingerprint density at radius 2 is 2.10 bits per heavy atom. The summed E-state index contributed by atoms with van der Waals surface area (Å²) in [5.74, 6) is 0. The normalized spacial score (nSPS) is 13.9. The van der Waals surface area contributed by atoms with Crippen LogP contribution in [0.5, 0.6) is 0 Å². The van der Waals surface area contributed by atoms with E-state index in [0.717, 1.165) is 0 Å². The van der Waals surface area contributed by atoms with Crippen molar-refractivity contribution in [3.05, 3.63) is 0 Å². The zero-order valence-corrected chi connectivity index (χ0v) is 6.69. The van der Waals surface area contributed by atoms with E-state index in [9.17, 15) is 4.39 Å². The summed E-state index contributed by atoms with van der Waals surface area (Å²) in [6, 6.07) is 0. The Hall–Kier alpha value is -0.440. The molecule has 2 nitrogen and oxygen atoms in total. The molecule has 0 aromatic carbocycles. The molecule has 0 aliphatic carbocycles. The summed E-state index contributed by atoms with van der Waals surface area (Å²) in [5, 5.41) is 9.10. The molecule has 10 heavy (non-hydrogen) atoms. The van der Waals surface area contributed by atoms with E-state index in [4.69, 9.17) is 5.11 Å². The highest BCUT2D eigenvalue weighted by Crippen LogP contribution is 2.04. The van der Waals surface area contributed by atoms with Crippen LogP contribution in [0, 0.1) is 0 Å². The summed E-state index contributed by atoms with van der Waals surface area (Å²) < 4.78 is 11.7. The van der Waals surface area contributed by atoms with E-state index in [-0.39, 0.29) is 0 Å². The highest BCUT2D eigenvalue weighted by molar-refractivity contribution is 5.82. The molecule has 60 valence electrons. The van der Waals surface area contributed by atoms with Gasteiger partial charge in [0.1, 0.15) is 5.72 Å². The van der Waals surface area contributed by atoms with E-state index in [0.29, 0.717) is 12.1 Å². The van der Waals surface area contributed by atoms with Gasteiger partial charge in [-0.05, 0) is 20.8 Å². The lowest BCUT2D eigenvalue weighted by atomic mass is 10.3. The van der Waals surface area contributed by atoms with Crippen molar-refractivity contribution in [1.29, 1.82) is 0 Å². The minimum atomic E-state index is -1.06. The van der Waals surface area contributed by atoms with Crippen LogP contribution in [0.2, 0.25) is 0 Å². The lowest BCUT2D eigenvalue weighted by molar-refractivity contribution is 0.0905. The number of halogens is 1. The first-order valence-corrected chi connectivity index (χ1v) is 3.29. The summed E-state index contributed by atoms with van der Waals surface area (Å²) in [6.45, 7) is 4.42. The maximum absolute atomic E-state index is 11.7. The van der Waals surface area contributed by atoms with Crippen LogP contribution in [0.15, 0.2) is 4.99 Å². The van der Waals surface area contributed by atoms with E-state index < -0.39 is 12.4 Å². The number of aliphatic hydroxyl groups is 1. The molecule has 0 spiro atoms. The topological polar surface area (TPSA) is 32.6 Å². The quantitative estimate of drug-likeness (QED) is 0.603. The standard InChI is InChI=1S/C7H14FNO/c1-6(4-5-8)9-7(2,3)10/h10H,4-5H2,1-3H3. The smallest absolute Gasteiger partial charge is 0.150 e. The molecular weight excluding hydrogens is 133 g/mol. The van der Waals surface area contributed by atoms with Gasteiger partial charge < -0.3 is 5.11 Å². The minimum Gasteiger partial charge on any atom is -0.370 e. The summed E-state index contributed by atoms with van der Waals surface area (Å²) in [4.78, 5) is 3.83. The minimum absolute atomic E-state index is 0.310. The Morgan fingerprint density at radius 1 is 1.60 bits per heavy atom. The van der Waals surface area contributed by atoms with Crippen LogP contribution in [-0.2, 0) is 0 Å². The lowest BCUT2D eigenvalue weighted by Gasteiger charge is -2.11. The van der Waals surface area contributed by atoms with Gasteiger partial charge in [-0.25, -0.2) is 0 Å². The zero-order chi connectivity index (χ0) is 8.20. The molecule has 0 aliphatic heterocycles. The second-order valence-electron chi connectivity index (χ2n) is 2.78. The molecule has 0 saturated heterocycles. The van der Waals surface area contributed by atoms with Crippen LogP contribution in [0.3, 0.4) is 0 Å². The van der Waals surface area contributed by atoms with Gasteiger partial charge in [0.2, 0.25) is 0 Å². The molecular formula is C7H14FNO. The van der Waals surface area contributed by atoms with Crippen molar-refractivity contribution in [3.8, 4) is 0 Å². The summed E-state index contributed by atoms with van der Waals surface area (Å²) in [7, 11) is 0. The van der Waals surface area contributed by atoms with Gasteiger partial charge >= 0.3 is 0 Å². The number of hydrogen-bond donors (Lipinski definition) is 1. The van der Waals surface area contributed by atoms with Gasteiger partial charge in [0, 0.05) is 12.1 Å². The number of hydrogen-bond acceptors (Lipinski definition) is 2. The fourth-order valence-electron chi connectivity index (χ4n) is 0.660. The molecule has 0 saturated carbocycles. The van der Waals surface area contributed by atoms with Crippen molar-refractivity contribution >= 4 is 5.71 Å². The highest BCUT2D eigenvalue weighted by atomic mass is 19.1. The first-order valence-electron chi connectivity index (χ1n) is 3.29. The van der Waals surface area contributed by atoms with Gasteiger partial charge in [-0.3, -0.25) is 9.38 Å². The van der Waals surface area contributed by atoms with Crippen molar-refractivity contribution in [1.82, 2.24) is 0 Å². The molecule has 0 fully saturated rings. The van der Waals surface area contributed by atoms with E-state index in [1.807, 2.05) is 0 Å². The SMILES string of the molecule is CC(CCF)=NC(C)(C)O. The van der Waals surface area contributed by atoms with Crippen LogP contribution in [0.1, 0.15) is 27.2 Å². The van der Waals surface area contributed by atoms with Crippen molar-refractivity contribution in [2.75, 3.05) is 6.67 Å². The van der Waals surface area contributed by atoms with Crippen LogP contribution in [0.4, 0.5) is 4.39 Å². The largest absolute Gasteiger partial charge is 0.370 e. The lowest BCUT2D eigenvalue weighted by Crippen LogP contribution is -2.17. The van der Waals surface area contributed by atoms with Crippen molar-refractivity contribution < 1.29 is 9.50 Å². The van der Waals surface area contributed by atoms with Crippen molar-refractivity contribution in [2.24, 2.45) is 4.99 Å². The predicted octanol–water partition coefficient (Wildman–Crippen LogP) is 1.54. The maximum atomic E-state index is 11.7. The van der Waals surface area contributed by atoms with Gasteiger partial charge in [0.15, 0.2) is 0 Å². The van der Waals surface area contributed by atoms with E-state index in [1.54, 1.807) is 20.8 Å². The van der Waals surface area contributed by atoms with Crippen molar-refractivity contribution in [2.45, 2.75) is 32.9 Å². The van der Waals surface area contributed by atoms with Crippen molar-refractivity contribution in [3.63, 3.8) is 0 Å². The Kier molecular flexibility index (Phi) is 3.50. The van der Waals surface area contributed by atoms with Gasteiger partial charge in [-0.1, -0.05) is 0 Å². The molecule has 0 radical (unpaired) electrons. The fourth-order valence-corrected chi connectivity index (χ4v) is 0.660. The van der Waals surface area contributed by atoms with Crippen LogP contribution in [0.25, 0.3) is 0 Å². The number of aliphatic imine (C=N–C) groups is 1. The summed E-state index contributed by atoms with van der Waals surface area (Å²) in [5.41, 5.74) is -0.408. The number of nitrogens with zero attached hydrogens (tertiary/aromatic N) is 1. The molecule has 1 N–H and O–H groups in total. The van der Waals surface area contributed by atoms with Crippen LogP contribution >= 0.6 is 0 Å². The Bertz CT molecular complexity index is 126. The van der Waals surface area contributed by atoms with Gasteiger partial charge in [-0.15, -0.1) is 0 Å². The van der Waals surface area contributed by atoms with Gasteiger partial charge in [0.25, 0.3) is 0 Å². The zero-order valence-electron chi connectivity index (χ0n) is 6.69. The molecule has 3 heteroatoms. The van der Waals surface area contributed by atoms with E-state index in [1.165, 1.54) is 0 Å². The Morgan fingerprint density at radius 3 is 2.40 bits per heavy atom. The molecule has 0 rings (SSSR count). The van der Waals surface area contributed by atoms with E-state index >= 15 is 0 Å². The fraction of sp³-hybridized carbons (Fsp3) is 0.857. The number of rotatable bonds is 3. The summed E-state index contributed by atoms with van der Waals surface area (Å²) >= 11 is 0. The highest BCUT2D eigenvalue weighted by Gasteiger charge is 2.08. The van der Waals surface area contributed by atoms with Gasteiger partial charge in [0.05, 0.1) is 6.67 Å². The Balaban J connectivity index is 3.90. The third-order valence-electron chi connectivity index (χ3n) is 0.921. The average molecular weight is 147 g/mol. The average Bonchev–Trinajstić information content (AvgIpc) is 1.59. The predicted molar refractivity (Wildman–Crippen MR) is 40.0 cm³/mol. The third kappa shape index (κ3) is 5.69. The van der Waals surface area contributed by atoms with Crippen LogP contribution < -0.4 is 0 Å².